The van der Waals surface area contributed by atoms with E-state index in [0.717, 1.165) is 18.4 Å². The van der Waals surface area contributed by atoms with E-state index in [9.17, 15) is 9.59 Å². The highest BCUT2D eigenvalue weighted by atomic mass is 16.2. The number of piperidine rings is 1. The fourth-order valence-electron chi connectivity index (χ4n) is 3.06. The number of aryl methyl sites for hydroxylation is 1. The van der Waals surface area contributed by atoms with Crippen molar-refractivity contribution in [2.75, 3.05) is 27.2 Å². The molecular weight excluding hydrogens is 306 g/mol. The summed E-state index contributed by atoms with van der Waals surface area (Å²) in [7, 11) is 3.56. The number of nitrogens with zero attached hydrogens (tertiary/aromatic N) is 5. The molecule has 0 unspecified atom stereocenters. The highest BCUT2D eigenvalue weighted by Gasteiger charge is 2.27. The van der Waals surface area contributed by atoms with Gasteiger partial charge >= 0.3 is 0 Å². The molecule has 0 atom stereocenters. The predicted molar refractivity (Wildman–Crippen MR) is 89.7 cm³/mol. The average molecular weight is 329 g/mol. The lowest BCUT2D eigenvalue weighted by Gasteiger charge is -2.32. The van der Waals surface area contributed by atoms with Crippen LogP contribution in [0.3, 0.4) is 0 Å². The minimum absolute atomic E-state index is 0.0289. The van der Waals surface area contributed by atoms with Crippen LogP contribution in [0.4, 0.5) is 0 Å². The molecule has 0 aromatic carbocycles. The Morgan fingerprint density at radius 3 is 2.62 bits per heavy atom. The first-order valence-electron chi connectivity index (χ1n) is 8.25. The molecule has 3 heterocycles. The van der Waals surface area contributed by atoms with Crippen molar-refractivity contribution in [3.8, 4) is 0 Å². The second kappa shape index (κ2) is 6.59. The Morgan fingerprint density at radius 1 is 1.25 bits per heavy atom. The Kier molecular flexibility index (Phi) is 4.51. The molecule has 1 aliphatic heterocycles. The third-order valence-corrected chi connectivity index (χ3v) is 4.58. The van der Waals surface area contributed by atoms with E-state index in [1.54, 1.807) is 35.9 Å². The van der Waals surface area contributed by atoms with Gasteiger partial charge in [0, 0.05) is 46.0 Å². The molecule has 0 aliphatic carbocycles. The van der Waals surface area contributed by atoms with Gasteiger partial charge in [0.1, 0.15) is 5.56 Å². The number of hydrogen-bond donors (Lipinski definition) is 0. The first-order valence-corrected chi connectivity index (χ1v) is 8.25. The average Bonchev–Trinajstić information content (AvgIpc) is 2.97. The molecule has 2 aromatic rings. The van der Waals surface area contributed by atoms with Crippen molar-refractivity contribution in [2.45, 2.75) is 26.2 Å². The van der Waals surface area contributed by atoms with Gasteiger partial charge in [0.05, 0.1) is 6.20 Å². The van der Waals surface area contributed by atoms with Crippen LogP contribution < -0.4 is 0 Å². The topological polar surface area (TPSA) is 70.8 Å². The van der Waals surface area contributed by atoms with Crippen LogP contribution in [0.15, 0.2) is 18.6 Å². The summed E-state index contributed by atoms with van der Waals surface area (Å²) in [6.07, 6.45) is 7.47. The maximum Gasteiger partial charge on any atom is 0.259 e. The number of likely N-dealkylation sites (tertiary alicyclic amines) is 1. The van der Waals surface area contributed by atoms with Crippen LogP contribution in [0.1, 0.15) is 35.2 Å². The number of amides is 2. The number of aromatic nitrogens is 3. The summed E-state index contributed by atoms with van der Waals surface area (Å²) >= 11 is 0. The number of hydrogen-bond acceptors (Lipinski definition) is 4. The number of rotatable bonds is 3. The van der Waals surface area contributed by atoms with E-state index in [0.29, 0.717) is 36.6 Å². The molecule has 1 aliphatic rings. The van der Waals surface area contributed by atoms with Crippen molar-refractivity contribution in [1.82, 2.24) is 24.4 Å². The molecule has 0 saturated carbocycles. The summed E-state index contributed by atoms with van der Waals surface area (Å²) in [6.45, 7) is 3.29. The quantitative estimate of drug-likeness (QED) is 0.853. The summed E-state index contributed by atoms with van der Waals surface area (Å²) in [5.74, 6) is 0.481. The van der Waals surface area contributed by atoms with Gasteiger partial charge in [-0.15, -0.1) is 0 Å². The summed E-state index contributed by atoms with van der Waals surface area (Å²) in [5, 5.41) is 4.23. The van der Waals surface area contributed by atoms with E-state index in [1.165, 1.54) is 0 Å². The third kappa shape index (κ3) is 3.25. The van der Waals surface area contributed by atoms with Crippen molar-refractivity contribution < 1.29 is 9.59 Å². The molecule has 7 nitrogen and oxygen atoms in total. The van der Waals surface area contributed by atoms with Gasteiger partial charge in [0.2, 0.25) is 5.91 Å². The highest BCUT2D eigenvalue weighted by Crippen LogP contribution is 2.23. The van der Waals surface area contributed by atoms with Crippen molar-refractivity contribution in [3.63, 3.8) is 0 Å². The lowest BCUT2D eigenvalue weighted by atomic mass is 9.93. The summed E-state index contributed by atoms with van der Waals surface area (Å²) in [4.78, 5) is 32.4. The summed E-state index contributed by atoms with van der Waals surface area (Å²) in [6, 6.07) is 0. The Balaban J connectivity index is 1.65. The van der Waals surface area contributed by atoms with Crippen molar-refractivity contribution in [3.05, 3.63) is 29.7 Å². The minimum atomic E-state index is -0.0289. The molecule has 2 amide bonds. The SMILES string of the molecule is Cc1cnc2c(C(=O)N3CCC(CC(=O)N(C)C)CC3)cnn2c1. The largest absolute Gasteiger partial charge is 0.349 e. The molecule has 1 fully saturated rings. The van der Waals surface area contributed by atoms with Crippen LogP contribution in [0.25, 0.3) is 5.65 Å². The zero-order valence-electron chi connectivity index (χ0n) is 14.4. The van der Waals surface area contributed by atoms with E-state index < -0.39 is 0 Å². The van der Waals surface area contributed by atoms with E-state index in [-0.39, 0.29) is 11.8 Å². The molecule has 7 heteroatoms. The van der Waals surface area contributed by atoms with Gasteiger partial charge in [-0.25, -0.2) is 9.50 Å². The first-order chi connectivity index (χ1) is 11.5. The zero-order valence-corrected chi connectivity index (χ0v) is 14.4. The van der Waals surface area contributed by atoms with Crippen LogP contribution in [-0.4, -0.2) is 63.4 Å². The van der Waals surface area contributed by atoms with E-state index in [4.69, 9.17) is 0 Å². The molecule has 1 saturated heterocycles. The molecule has 0 N–H and O–H groups in total. The Hall–Kier alpha value is -2.44. The van der Waals surface area contributed by atoms with Crippen molar-refractivity contribution >= 4 is 17.5 Å². The Bertz CT molecular complexity index is 759. The monoisotopic (exact) mass is 329 g/mol. The van der Waals surface area contributed by atoms with Gasteiger partial charge in [-0.1, -0.05) is 0 Å². The molecule has 2 aromatic heterocycles. The van der Waals surface area contributed by atoms with E-state index in [1.807, 2.05) is 18.0 Å². The molecular formula is C17H23N5O2. The van der Waals surface area contributed by atoms with Gasteiger partial charge < -0.3 is 9.80 Å². The predicted octanol–water partition coefficient (Wildman–Crippen LogP) is 1.37. The first kappa shape index (κ1) is 16.4. The fraction of sp³-hybridized carbons (Fsp3) is 0.529. The van der Waals surface area contributed by atoms with Crippen molar-refractivity contribution in [1.29, 1.82) is 0 Å². The van der Waals surface area contributed by atoms with Crippen molar-refractivity contribution in [2.24, 2.45) is 5.92 Å². The number of carbonyl (C=O) groups is 2. The van der Waals surface area contributed by atoms with Crippen LogP contribution in [0, 0.1) is 12.8 Å². The van der Waals surface area contributed by atoms with Gasteiger partial charge in [-0.3, -0.25) is 9.59 Å². The third-order valence-electron chi connectivity index (χ3n) is 4.58. The van der Waals surface area contributed by atoms with Gasteiger partial charge in [0.25, 0.3) is 5.91 Å². The van der Waals surface area contributed by atoms with Gasteiger partial charge in [0.15, 0.2) is 5.65 Å². The lowest BCUT2D eigenvalue weighted by molar-refractivity contribution is -0.129. The molecule has 0 radical (unpaired) electrons. The number of carbonyl (C=O) groups excluding carboxylic acids is 2. The van der Waals surface area contributed by atoms with E-state index >= 15 is 0 Å². The van der Waals surface area contributed by atoms with Gasteiger partial charge in [-0.05, 0) is 31.2 Å². The van der Waals surface area contributed by atoms with E-state index in [2.05, 4.69) is 10.1 Å². The summed E-state index contributed by atoms with van der Waals surface area (Å²) in [5.41, 5.74) is 2.13. The standard InChI is InChI=1S/C17H23N5O2/c1-12-9-18-16-14(10-19-22(16)11-12)17(24)21-6-4-13(5-7-21)8-15(23)20(2)3/h9-11,13H,4-8H2,1-3H3. The molecule has 24 heavy (non-hydrogen) atoms. The molecule has 0 bridgehead atoms. The van der Waals surface area contributed by atoms with Crippen LogP contribution in [0.5, 0.6) is 0 Å². The maximum atomic E-state index is 12.8. The molecule has 3 rings (SSSR count). The minimum Gasteiger partial charge on any atom is -0.349 e. The maximum absolute atomic E-state index is 12.8. The molecule has 128 valence electrons. The second-order valence-corrected chi connectivity index (χ2v) is 6.69. The highest BCUT2D eigenvalue weighted by molar-refractivity contribution is 5.99. The van der Waals surface area contributed by atoms with Crippen LogP contribution >= 0.6 is 0 Å². The fourth-order valence-corrected chi connectivity index (χ4v) is 3.06. The van der Waals surface area contributed by atoms with Gasteiger partial charge in [-0.2, -0.15) is 5.10 Å². The summed E-state index contributed by atoms with van der Waals surface area (Å²) < 4.78 is 1.64. The zero-order chi connectivity index (χ0) is 17.3. The second-order valence-electron chi connectivity index (χ2n) is 6.69. The Morgan fingerprint density at radius 2 is 1.96 bits per heavy atom. The van der Waals surface area contributed by atoms with Crippen LogP contribution in [0.2, 0.25) is 0 Å². The normalized spacial score (nSPS) is 15.7. The number of fused-ring (bicyclic) bond motifs is 1. The van der Waals surface area contributed by atoms with Crippen LogP contribution in [-0.2, 0) is 4.79 Å². The smallest absolute Gasteiger partial charge is 0.259 e. The molecule has 0 spiro atoms. The Labute approximate surface area is 141 Å². The lowest BCUT2D eigenvalue weighted by Crippen LogP contribution is -2.39.